The monoisotopic (exact) mass is 243 g/mol. The van der Waals surface area contributed by atoms with Gasteiger partial charge in [0.15, 0.2) is 5.69 Å². The maximum atomic E-state index is 11.2. The van der Waals surface area contributed by atoms with Crippen LogP contribution in [-0.4, -0.2) is 23.2 Å². The van der Waals surface area contributed by atoms with Crippen molar-refractivity contribution in [3.05, 3.63) is 47.7 Å². The lowest BCUT2D eigenvalue weighted by atomic mass is 10.0. The first-order chi connectivity index (χ1) is 8.61. The van der Waals surface area contributed by atoms with Crippen molar-refractivity contribution < 1.29 is 14.6 Å². The number of rotatable bonds is 3. The first-order valence-electron chi connectivity index (χ1n) is 5.47. The summed E-state index contributed by atoms with van der Waals surface area (Å²) in [5.41, 5.74) is 2.49. The van der Waals surface area contributed by atoms with E-state index in [1.165, 1.54) is 7.11 Å². The molecule has 0 amide bonds. The molecule has 1 heterocycles. The highest BCUT2D eigenvalue weighted by atomic mass is 16.5. The van der Waals surface area contributed by atoms with Crippen LogP contribution in [0.3, 0.4) is 0 Å². The minimum absolute atomic E-state index is 0.0000463. The highest BCUT2D eigenvalue weighted by Gasteiger charge is 2.14. The second-order valence-corrected chi connectivity index (χ2v) is 3.92. The topological polar surface area (TPSA) is 59.4 Å². The van der Waals surface area contributed by atoms with Gasteiger partial charge in [0.1, 0.15) is 0 Å². The van der Waals surface area contributed by atoms with Crippen LogP contribution in [0, 0.1) is 6.92 Å². The maximum absolute atomic E-state index is 11.2. The Bertz CT molecular complexity index is 593. The van der Waals surface area contributed by atoms with Gasteiger partial charge in [0.2, 0.25) is 5.88 Å². The van der Waals surface area contributed by atoms with E-state index in [2.05, 4.69) is 4.98 Å². The zero-order valence-corrected chi connectivity index (χ0v) is 10.2. The van der Waals surface area contributed by atoms with Gasteiger partial charge in [-0.05, 0) is 18.6 Å². The number of methoxy groups -OCH3 is 1. The number of pyridine rings is 1. The van der Waals surface area contributed by atoms with Crippen LogP contribution >= 0.6 is 0 Å². The maximum Gasteiger partial charge on any atom is 0.355 e. The number of ether oxygens (including phenoxy) is 1. The van der Waals surface area contributed by atoms with Crippen molar-refractivity contribution in [2.45, 2.75) is 6.92 Å². The molecule has 0 fully saturated rings. The average molecular weight is 243 g/mol. The summed E-state index contributed by atoms with van der Waals surface area (Å²) >= 11 is 0. The van der Waals surface area contributed by atoms with Gasteiger partial charge in [0.05, 0.1) is 7.11 Å². The van der Waals surface area contributed by atoms with Crippen molar-refractivity contribution in [2.75, 3.05) is 7.11 Å². The van der Waals surface area contributed by atoms with Gasteiger partial charge in [-0.15, -0.1) is 0 Å². The van der Waals surface area contributed by atoms with E-state index in [9.17, 15) is 9.90 Å². The van der Waals surface area contributed by atoms with Gasteiger partial charge in [-0.3, -0.25) is 0 Å². The molecule has 0 saturated carbocycles. The van der Waals surface area contributed by atoms with E-state index in [1.54, 1.807) is 12.1 Å². The molecule has 0 unspecified atom stereocenters. The molecule has 18 heavy (non-hydrogen) atoms. The molecule has 0 radical (unpaired) electrons. The molecule has 0 bridgehead atoms. The Hall–Kier alpha value is -2.36. The molecule has 4 nitrogen and oxygen atoms in total. The second kappa shape index (κ2) is 4.87. The third kappa shape index (κ3) is 2.32. The number of aromatic nitrogens is 1. The summed E-state index contributed by atoms with van der Waals surface area (Å²) in [4.78, 5) is 15.2. The van der Waals surface area contributed by atoms with Crippen molar-refractivity contribution in [1.82, 2.24) is 4.98 Å². The fourth-order valence-corrected chi connectivity index (χ4v) is 1.76. The lowest BCUT2D eigenvalue weighted by Crippen LogP contribution is -2.04. The van der Waals surface area contributed by atoms with Gasteiger partial charge < -0.3 is 9.84 Å². The van der Waals surface area contributed by atoms with Crippen molar-refractivity contribution in [2.24, 2.45) is 0 Å². The van der Waals surface area contributed by atoms with Gasteiger partial charge >= 0.3 is 5.97 Å². The van der Waals surface area contributed by atoms with Crippen molar-refractivity contribution in [1.29, 1.82) is 0 Å². The summed E-state index contributed by atoms with van der Waals surface area (Å²) in [6.45, 7) is 1.96. The smallest absolute Gasteiger partial charge is 0.355 e. The summed E-state index contributed by atoms with van der Waals surface area (Å²) in [5.74, 6) is -0.769. The normalized spacial score (nSPS) is 10.1. The Kier molecular flexibility index (Phi) is 3.28. The summed E-state index contributed by atoms with van der Waals surface area (Å²) in [5, 5.41) is 9.20. The average Bonchev–Trinajstić information content (AvgIpc) is 2.38. The van der Waals surface area contributed by atoms with Gasteiger partial charge in [0.25, 0.3) is 0 Å². The Morgan fingerprint density at radius 3 is 2.67 bits per heavy atom. The molecule has 92 valence electrons. The largest absolute Gasteiger partial charge is 0.481 e. The molecule has 1 aromatic carbocycles. The molecule has 4 heteroatoms. The lowest BCUT2D eigenvalue weighted by molar-refractivity contribution is 0.0690. The van der Waals surface area contributed by atoms with E-state index in [0.717, 1.165) is 11.1 Å². The molecule has 1 N–H and O–H groups in total. The minimum atomic E-state index is -1.06. The number of carbonyl (C=O) groups is 1. The summed E-state index contributed by atoms with van der Waals surface area (Å²) in [6, 6.07) is 11.0. The fourth-order valence-electron chi connectivity index (χ4n) is 1.76. The number of aryl methyl sites for hydroxylation is 1. The van der Waals surface area contributed by atoms with E-state index in [1.807, 2.05) is 31.2 Å². The molecule has 0 aliphatic carbocycles. The standard InChI is InChI=1S/C14H13NO3/c1-9-4-3-5-10(8-9)11-6-7-12(18-2)15-13(11)14(16)17/h3-8H,1-2H3,(H,16,17). The van der Waals surface area contributed by atoms with Gasteiger partial charge in [0, 0.05) is 11.6 Å². The van der Waals surface area contributed by atoms with E-state index < -0.39 is 5.97 Å². The van der Waals surface area contributed by atoms with Crippen LogP contribution in [0.1, 0.15) is 16.1 Å². The van der Waals surface area contributed by atoms with Crippen LogP contribution in [0.5, 0.6) is 5.88 Å². The van der Waals surface area contributed by atoms with Crippen molar-refractivity contribution in [3.8, 4) is 17.0 Å². The van der Waals surface area contributed by atoms with E-state index >= 15 is 0 Å². The summed E-state index contributed by atoms with van der Waals surface area (Å²) in [6.07, 6.45) is 0. The Labute approximate surface area is 105 Å². The van der Waals surface area contributed by atoms with Crippen LogP contribution in [0.4, 0.5) is 0 Å². The lowest BCUT2D eigenvalue weighted by Gasteiger charge is -2.08. The number of carboxylic acids is 1. The minimum Gasteiger partial charge on any atom is -0.481 e. The predicted octanol–water partition coefficient (Wildman–Crippen LogP) is 2.76. The Morgan fingerprint density at radius 2 is 2.06 bits per heavy atom. The van der Waals surface area contributed by atoms with E-state index in [4.69, 9.17) is 4.74 Å². The van der Waals surface area contributed by atoms with Crippen LogP contribution < -0.4 is 4.74 Å². The zero-order valence-electron chi connectivity index (χ0n) is 10.2. The molecule has 0 atom stereocenters. The van der Waals surface area contributed by atoms with Crippen LogP contribution in [0.25, 0.3) is 11.1 Å². The first-order valence-corrected chi connectivity index (χ1v) is 5.47. The number of carboxylic acid groups (broad SMARTS) is 1. The van der Waals surface area contributed by atoms with E-state index in [-0.39, 0.29) is 5.69 Å². The molecule has 0 aliphatic heterocycles. The number of hydrogen-bond acceptors (Lipinski definition) is 3. The zero-order chi connectivity index (χ0) is 13.1. The van der Waals surface area contributed by atoms with Crippen LogP contribution in [-0.2, 0) is 0 Å². The third-order valence-electron chi connectivity index (χ3n) is 2.61. The van der Waals surface area contributed by atoms with Crippen molar-refractivity contribution >= 4 is 5.97 Å². The summed E-state index contributed by atoms with van der Waals surface area (Å²) < 4.78 is 4.95. The number of benzene rings is 1. The predicted molar refractivity (Wildman–Crippen MR) is 67.9 cm³/mol. The molecule has 0 saturated heterocycles. The molecular formula is C14H13NO3. The molecule has 0 spiro atoms. The van der Waals surface area contributed by atoms with Crippen LogP contribution in [0.15, 0.2) is 36.4 Å². The van der Waals surface area contributed by atoms with Gasteiger partial charge in [-0.25, -0.2) is 9.78 Å². The highest BCUT2D eigenvalue weighted by Crippen LogP contribution is 2.25. The quantitative estimate of drug-likeness (QED) is 0.900. The highest BCUT2D eigenvalue weighted by molar-refractivity contribution is 5.94. The SMILES string of the molecule is COc1ccc(-c2cccc(C)c2)c(C(=O)O)n1. The number of nitrogens with zero attached hydrogens (tertiary/aromatic N) is 1. The fraction of sp³-hybridized carbons (Fsp3) is 0.143. The molecule has 1 aromatic heterocycles. The molecule has 2 aromatic rings. The van der Waals surface area contributed by atoms with Gasteiger partial charge in [-0.2, -0.15) is 0 Å². The summed E-state index contributed by atoms with van der Waals surface area (Å²) in [7, 11) is 1.46. The van der Waals surface area contributed by atoms with E-state index in [0.29, 0.717) is 11.4 Å². The number of aromatic carboxylic acids is 1. The Balaban J connectivity index is 2.60. The molecular weight excluding hydrogens is 230 g/mol. The second-order valence-electron chi connectivity index (χ2n) is 3.92. The van der Waals surface area contributed by atoms with Crippen LogP contribution in [0.2, 0.25) is 0 Å². The molecule has 2 rings (SSSR count). The first kappa shape index (κ1) is 12.1. The van der Waals surface area contributed by atoms with Gasteiger partial charge in [-0.1, -0.05) is 29.8 Å². The van der Waals surface area contributed by atoms with Crippen molar-refractivity contribution in [3.63, 3.8) is 0 Å². The third-order valence-corrected chi connectivity index (χ3v) is 2.61. The Morgan fingerprint density at radius 1 is 1.28 bits per heavy atom. The number of hydrogen-bond donors (Lipinski definition) is 1. The molecule has 0 aliphatic rings.